The van der Waals surface area contributed by atoms with Crippen LogP contribution in [0.2, 0.25) is 0 Å². The lowest BCUT2D eigenvalue weighted by molar-refractivity contribution is 0.00481. The Morgan fingerprint density at radius 3 is 2.93 bits per heavy atom. The summed E-state index contributed by atoms with van der Waals surface area (Å²) in [6.45, 7) is 7.90. The maximum Gasteiger partial charge on any atom is 0.188 e. The van der Waals surface area contributed by atoms with Crippen LogP contribution in [0.1, 0.15) is 33.6 Å². The molecule has 0 aromatic rings. The molecule has 0 spiro atoms. The Kier molecular flexibility index (Phi) is 4.88. The van der Waals surface area contributed by atoms with Gasteiger partial charge in [0.15, 0.2) is 5.96 Å². The molecule has 0 aromatic heterocycles. The highest BCUT2D eigenvalue weighted by Gasteiger charge is 2.18. The number of rotatable bonds is 3. The Balaban J connectivity index is 2.28. The minimum Gasteiger partial charge on any atom is -0.378 e. The third-order valence-electron chi connectivity index (χ3n) is 2.55. The summed E-state index contributed by atoms with van der Waals surface area (Å²) < 4.78 is 5.48. The van der Waals surface area contributed by atoms with E-state index in [2.05, 4.69) is 31.1 Å². The maximum atomic E-state index is 5.73. The SMILES string of the molecule is CC(C)NC(N)=NCC1CCOC(C)C1. The van der Waals surface area contributed by atoms with Crippen molar-refractivity contribution in [3.63, 3.8) is 0 Å². The molecule has 1 saturated heterocycles. The van der Waals surface area contributed by atoms with Crippen LogP contribution in [0.3, 0.4) is 0 Å². The molecule has 0 aliphatic carbocycles. The number of ether oxygens (including phenoxy) is 1. The van der Waals surface area contributed by atoms with Crippen molar-refractivity contribution in [2.45, 2.75) is 45.8 Å². The van der Waals surface area contributed by atoms with Gasteiger partial charge in [0, 0.05) is 19.2 Å². The largest absolute Gasteiger partial charge is 0.378 e. The van der Waals surface area contributed by atoms with Gasteiger partial charge in [-0.15, -0.1) is 0 Å². The minimum absolute atomic E-state index is 0.349. The normalized spacial score (nSPS) is 28.1. The van der Waals surface area contributed by atoms with Crippen molar-refractivity contribution in [2.75, 3.05) is 13.2 Å². The first-order chi connectivity index (χ1) is 7.08. The Morgan fingerprint density at radius 1 is 1.60 bits per heavy atom. The minimum atomic E-state index is 0.349. The van der Waals surface area contributed by atoms with Crippen LogP contribution in [-0.2, 0) is 4.74 Å². The van der Waals surface area contributed by atoms with Crippen LogP contribution in [0.25, 0.3) is 0 Å². The average Bonchev–Trinajstić information content (AvgIpc) is 2.14. The second kappa shape index (κ2) is 5.95. The van der Waals surface area contributed by atoms with Gasteiger partial charge in [0.1, 0.15) is 0 Å². The van der Waals surface area contributed by atoms with Crippen LogP contribution < -0.4 is 11.1 Å². The molecule has 4 nitrogen and oxygen atoms in total. The van der Waals surface area contributed by atoms with Gasteiger partial charge in [-0.1, -0.05) is 0 Å². The van der Waals surface area contributed by atoms with E-state index < -0.39 is 0 Å². The van der Waals surface area contributed by atoms with Crippen molar-refractivity contribution in [2.24, 2.45) is 16.6 Å². The molecule has 1 heterocycles. The molecule has 0 saturated carbocycles. The summed E-state index contributed by atoms with van der Waals surface area (Å²) in [5.74, 6) is 1.19. The standard InChI is InChI=1S/C11H23N3O/c1-8(2)14-11(12)13-7-10-4-5-15-9(3)6-10/h8-10H,4-7H2,1-3H3,(H3,12,13,14). The lowest BCUT2D eigenvalue weighted by Crippen LogP contribution is -2.37. The molecule has 2 unspecified atom stereocenters. The smallest absolute Gasteiger partial charge is 0.188 e. The van der Waals surface area contributed by atoms with Gasteiger partial charge in [-0.25, -0.2) is 0 Å². The van der Waals surface area contributed by atoms with Crippen molar-refractivity contribution >= 4 is 5.96 Å². The summed E-state index contributed by atoms with van der Waals surface area (Å²) in [6.07, 6.45) is 2.57. The van der Waals surface area contributed by atoms with E-state index in [-0.39, 0.29) is 0 Å². The molecule has 0 bridgehead atoms. The van der Waals surface area contributed by atoms with Gasteiger partial charge >= 0.3 is 0 Å². The van der Waals surface area contributed by atoms with Crippen molar-refractivity contribution < 1.29 is 4.74 Å². The summed E-state index contributed by atoms with van der Waals surface area (Å²) in [5, 5.41) is 3.09. The number of hydrogen-bond donors (Lipinski definition) is 2. The van der Waals surface area contributed by atoms with Gasteiger partial charge in [-0.3, -0.25) is 4.99 Å². The summed E-state index contributed by atoms with van der Waals surface area (Å²) in [4.78, 5) is 4.35. The first kappa shape index (κ1) is 12.3. The van der Waals surface area contributed by atoms with Crippen LogP contribution in [0.5, 0.6) is 0 Å². The molecular formula is C11H23N3O. The first-order valence-electron chi connectivity index (χ1n) is 5.76. The van der Waals surface area contributed by atoms with E-state index in [1.807, 2.05) is 0 Å². The Morgan fingerprint density at radius 2 is 2.33 bits per heavy atom. The monoisotopic (exact) mass is 213 g/mol. The van der Waals surface area contributed by atoms with Gasteiger partial charge in [0.2, 0.25) is 0 Å². The average molecular weight is 213 g/mol. The van der Waals surface area contributed by atoms with E-state index in [0.29, 0.717) is 24.0 Å². The van der Waals surface area contributed by atoms with Crippen LogP contribution in [0.15, 0.2) is 4.99 Å². The van der Waals surface area contributed by atoms with Crippen LogP contribution >= 0.6 is 0 Å². The predicted molar refractivity (Wildman–Crippen MR) is 62.9 cm³/mol. The second-order valence-electron chi connectivity index (χ2n) is 4.60. The van der Waals surface area contributed by atoms with Crippen LogP contribution in [0, 0.1) is 5.92 Å². The lowest BCUT2D eigenvalue weighted by atomic mass is 9.96. The van der Waals surface area contributed by atoms with Gasteiger partial charge in [0.25, 0.3) is 0 Å². The molecule has 1 fully saturated rings. The molecule has 1 rings (SSSR count). The number of nitrogens with two attached hydrogens (primary N) is 1. The highest BCUT2D eigenvalue weighted by molar-refractivity contribution is 5.78. The highest BCUT2D eigenvalue weighted by Crippen LogP contribution is 2.19. The van der Waals surface area contributed by atoms with Crippen molar-refractivity contribution in [3.8, 4) is 0 Å². The first-order valence-corrected chi connectivity index (χ1v) is 5.76. The zero-order chi connectivity index (χ0) is 11.3. The fourth-order valence-electron chi connectivity index (χ4n) is 1.83. The van der Waals surface area contributed by atoms with E-state index >= 15 is 0 Å². The fraction of sp³-hybridized carbons (Fsp3) is 0.909. The lowest BCUT2D eigenvalue weighted by Gasteiger charge is -2.26. The van der Waals surface area contributed by atoms with Gasteiger partial charge < -0.3 is 15.8 Å². The predicted octanol–water partition coefficient (Wildman–Crippen LogP) is 1.11. The number of nitrogens with one attached hydrogen (secondary N) is 1. The maximum absolute atomic E-state index is 5.73. The Labute approximate surface area is 92.3 Å². The van der Waals surface area contributed by atoms with Crippen LogP contribution in [-0.4, -0.2) is 31.3 Å². The molecule has 1 aliphatic rings. The number of nitrogens with zero attached hydrogens (tertiary/aromatic N) is 1. The highest BCUT2D eigenvalue weighted by atomic mass is 16.5. The van der Waals surface area contributed by atoms with Gasteiger partial charge in [-0.05, 0) is 39.5 Å². The Hall–Kier alpha value is -0.770. The van der Waals surface area contributed by atoms with E-state index in [4.69, 9.17) is 10.5 Å². The van der Waals surface area contributed by atoms with Crippen molar-refractivity contribution in [1.82, 2.24) is 5.32 Å². The third-order valence-corrected chi connectivity index (χ3v) is 2.55. The third kappa shape index (κ3) is 5.02. The van der Waals surface area contributed by atoms with Crippen molar-refractivity contribution in [1.29, 1.82) is 0 Å². The zero-order valence-corrected chi connectivity index (χ0v) is 9.99. The van der Waals surface area contributed by atoms with E-state index in [0.717, 1.165) is 26.0 Å². The summed E-state index contributed by atoms with van der Waals surface area (Å²) in [5.41, 5.74) is 5.73. The topological polar surface area (TPSA) is 59.6 Å². The van der Waals surface area contributed by atoms with E-state index in [1.165, 1.54) is 0 Å². The molecule has 3 N–H and O–H groups in total. The van der Waals surface area contributed by atoms with Gasteiger partial charge in [0.05, 0.1) is 6.10 Å². The number of aliphatic imine (C=N–C) groups is 1. The van der Waals surface area contributed by atoms with E-state index in [1.54, 1.807) is 0 Å². The molecule has 15 heavy (non-hydrogen) atoms. The molecular weight excluding hydrogens is 190 g/mol. The van der Waals surface area contributed by atoms with E-state index in [9.17, 15) is 0 Å². The van der Waals surface area contributed by atoms with Crippen molar-refractivity contribution in [3.05, 3.63) is 0 Å². The Bertz CT molecular complexity index is 216. The molecule has 0 aromatic carbocycles. The summed E-state index contributed by atoms with van der Waals surface area (Å²) in [6, 6.07) is 0.349. The van der Waals surface area contributed by atoms with Gasteiger partial charge in [-0.2, -0.15) is 0 Å². The molecule has 88 valence electrons. The summed E-state index contributed by atoms with van der Waals surface area (Å²) >= 11 is 0. The quantitative estimate of drug-likeness (QED) is 0.545. The molecule has 0 amide bonds. The molecule has 2 atom stereocenters. The number of guanidine groups is 1. The zero-order valence-electron chi connectivity index (χ0n) is 9.99. The fourth-order valence-corrected chi connectivity index (χ4v) is 1.83. The van der Waals surface area contributed by atoms with Crippen LogP contribution in [0.4, 0.5) is 0 Å². The molecule has 1 aliphatic heterocycles. The molecule has 4 heteroatoms. The summed E-state index contributed by atoms with van der Waals surface area (Å²) in [7, 11) is 0. The molecule has 0 radical (unpaired) electrons. The second-order valence-corrected chi connectivity index (χ2v) is 4.60. The number of hydrogen-bond acceptors (Lipinski definition) is 2.